The summed E-state index contributed by atoms with van der Waals surface area (Å²) < 4.78 is 15.9. The zero-order valence-electron chi connectivity index (χ0n) is 20.4. The molecule has 4 rings (SSSR count). The number of esters is 1. The van der Waals surface area contributed by atoms with Crippen molar-refractivity contribution in [3.05, 3.63) is 92.3 Å². The number of ether oxygens (including phenoxy) is 3. The number of carbonyl (C=O) groups excluding carboxylic acids is 2. The zero-order chi connectivity index (χ0) is 25.8. The largest absolute Gasteiger partial charge is 0.496 e. The molecule has 0 saturated heterocycles. The van der Waals surface area contributed by atoms with Crippen LogP contribution in [0.4, 0.5) is 5.69 Å². The van der Waals surface area contributed by atoms with Crippen LogP contribution in [-0.2, 0) is 19.1 Å². The molecule has 1 N–H and O–H groups in total. The van der Waals surface area contributed by atoms with Gasteiger partial charge in [-0.3, -0.25) is 14.9 Å². The summed E-state index contributed by atoms with van der Waals surface area (Å²) in [4.78, 5) is 37.5. The number of nitro groups is 1. The van der Waals surface area contributed by atoms with Gasteiger partial charge in [-0.05, 0) is 30.5 Å². The standard InChI is InChI=1S/C27H28N2O7/c1-16-24(27(31)36-13-12-34-2)25(17-8-10-19(11-9-17)29(32)33)26-21(28-16)14-18(15-22(26)30)20-6-4-5-7-23(20)35-3/h4-11,18,25,28H,12-15H2,1-3H3/t18-,25+/m0/s1. The summed E-state index contributed by atoms with van der Waals surface area (Å²) in [6, 6.07) is 13.6. The lowest BCUT2D eigenvalue weighted by atomic mass is 9.71. The van der Waals surface area contributed by atoms with Gasteiger partial charge in [-0.25, -0.2) is 4.79 Å². The zero-order valence-corrected chi connectivity index (χ0v) is 20.4. The number of nitrogens with zero attached hydrogens (tertiary/aromatic N) is 1. The maximum absolute atomic E-state index is 13.7. The fraction of sp³-hybridized carbons (Fsp3) is 0.333. The van der Waals surface area contributed by atoms with Crippen LogP contribution >= 0.6 is 0 Å². The van der Waals surface area contributed by atoms with Crippen LogP contribution in [0.2, 0.25) is 0 Å². The normalized spacial score (nSPS) is 19.5. The number of hydrogen-bond acceptors (Lipinski definition) is 8. The SMILES string of the molecule is COCCOC(=O)C1=C(C)NC2=C(C(=O)C[C@@H](c3ccccc3OC)C2)[C@@H]1c1ccc([N+](=O)[O-])cc1. The molecule has 0 amide bonds. The van der Waals surface area contributed by atoms with Gasteiger partial charge in [0.1, 0.15) is 12.4 Å². The van der Waals surface area contributed by atoms with Gasteiger partial charge in [0.25, 0.3) is 5.69 Å². The topological polar surface area (TPSA) is 117 Å². The van der Waals surface area contributed by atoms with Crippen molar-refractivity contribution in [1.29, 1.82) is 0 Å². The summed E-state index contributed by atoms with van der Waals surface area (Å²) in [5.41, 5.74) is 3.58. The molecule has 2 atom stereocenters. The fourth-order valence-corrected chi connectivity index (χ4v) is 4.95. The van der Waals surface area contributed by atoms with Crippen LogP contribution in [0, 0.1) is 10.1 Å². The van der Waals surface area contributed by atoms with E-state index in [9.17, 15) is 19.7 Å². The molecule has 0 spiro atoms. The van der Waals surface area contributed by atoms with E-state index < -0.39 is 16.8 Å². The van der Waals surface area contributed by atoms with Crippen LogP contribution in [0.15, 0.2) is 71.1 Å². The maximum Gasteiger partial charge on any atom is 0.336 e. The van der Waals surface area contributed by atoms with Gasteiger partial charge < -0.3 is 19.5 Å². The van der Waals surface area contributed by atoms with Crippen molar-refractivity contribution in [2.24, 2.45) is 0 Å². The maximum atomic E-state index is 13.7. The van der Waals surface area contributed by atoms with Gasteiger partial charge >= 0.3 is 5.97 Å². The number of methoxy groups -OCH3 is 2. The van der Waals surface area contributed by atoms with Gasteiger partial charge in [0.2, 0.25) is 0 Å². The van der Waals surface area contributed by atoms with E-state index in [1.807, 2.05) is 24.3 Å². The number of ketones is 1. The number of Topliss-reactive ketones (excluding diaryl/α,β-unsaturated/α-hetero) is 1. The van der Waals surface area contributed by atoms with Crippen molar-refractivity contribution >= 4 is 17.4 Å². The summed E-state index contributed by atoms with van der Waals surface area (Å²) in [5, 5.41) is 14.5. The number of para-hydroxylation sites is 1. The molecule has 188 valence electrons. The van der Waals surface area contributed by atoms with Crippen molar-refractivity contribution in [1.82, 2.24) is 5.32 Å². The molecule has 0 unspecified atom stereocenters. The van der Waals surface area contributed by atoms with E-state index in [0.29, 0.717) is 28.8 Å². The van der Waals surface area contributed by atoms with Gasteiger partial charge in [-0.15, -0.1) is 0 Å². The Bertz CT molecular complexity index is 1250. The Morgan fingerprint density at radius 2 is 1.81 bits per heavy atom. The molecular formula is C27H28N2O7. The van der Waals surface area contributed by atoms with E-state index in [4.69, 9.17) is 14.2 Å². The van der Waals surface area contributed by atoms with Gasteiger partial charge in [-0.1, -0.05) is 30.3 Å². The predicted molar refractivity (Wildman–Crippen MR) is 132 cm³/mol. The molecule has 2 aromatic carbocycles. The Balaban J connectivity index is 1.77. The second kappa shape index (κ2) is 10.7. The van der Waals surface area contributed by atoms with E-state index in [-0.39, 0.29) is 37.0 Å². The molecule has 1 aliphatic heterocycles. The number of nitro benzene ring substituents is 1. The van der Waals surface area contributed by atoms with Gasteiger partial charge in [0.05, 0.1) is 24.2 Å². The third-order valence-corrected chi connectivity index (χ3v) is 6.58. The molecule has 0 saturated carbocycles. The van der Waals surface area contributed by atoms with Crippen molar-refractivity contribution < 1.29 is 28.7 Å². The molecule has 9 heteroatoms. The van der Waals surface area contributed by atoms with E-state index in [0.717, 1.165) is 17.0 Å². The number of rotatable bonds is 8. The van der Waals surface area contributed by atoms with Crippen LogP contribution in [0.5, 0.6) is 5.75 Å². The van der Waals surface area contributed by atoms with Crippen LogP contribution in [0.25, 0.3) is 0 Å². The van der Waals surface area contributed by atoms with Crippen molar-refractivity contribution in [2.75, 3.05) is 27.4 Å². The molecule has 0 bridgehead atoms. The van der Waals surface area contributed by atoms with Gasteiger partial charge in [0.15, 0.2) is 5.78 Å². The number of hydrogen-bond donors (Lipinski definition) is 1. The van der Waals surface area contributed by atoms with E-state index >= 15 is 0 Å². The van der Waals surface area contributed by atoms with Gasteiger partial charge in [-0.2, -0.15) is 0 Å². The Morgan fingerprint density at radius 1 is 1.08 bits per heavy atom. The first-order chi connectivity index (χ1) is 17.3. The minimum Gasteiger partial charge on any atom is -0.496 e. The van der Waals surface area contributed by atoms with Crippen LogP contribution in [-0.4, -0.2) is 44.1 Å². The number of dihydropyridines is 1. The minimum absolute atomic E-state index is 0.0643. The monoisotopic (exact) mass is 492 g/mol. The molecule has 2 aromatic rings. The summed E-state index contributed by atoms with van der Waals surface area (Å²) >= 11 is 0. The third kappa shape index (κ3) is 4.87. The van der Waals surface area contributed by atoms with E-state index in [2.05, 4.69) is 5.32 Å². The lowest BCUT2D eigenvalue weighted by molar-refractivity contribution is -0.384. The Morgan fingerprint density at radius 3 is 2.47 bits per heavy atom. The molecule has 0 aromatic heterocycles. The van der Waals surface area contributed by atoms with Gasteiger partial charge in [0, 0.05) is 54.5 Å². The Hall–Kier alpha value is -3.98. The lowest BCUT2D eigenvalue weighted by Gasteiger charge is -2.37. The Kier molecular flexibility index (Phi) is 7.49. The number of allylic oxidation sites excluding steroid dienone is 3. The first kappa shape index (κ1) is 25.1. The average molecular weight is 493 g/mol. The smallest absolute Gasteiger partial charge is 0.336 e. The van der Waals surface area contributed by atoms with Crippen molar-refractivity contribution in [3.63, 3.8) is 0 Å². The number of nitrogens with one attached hydrogen (secondary N) is 1. The predicted octanol–water partition coefficient (Wildman–Crippen LogP) is 4.15. The second-order valence-electron chi connectivity index (χ2n) is 8.74. The van der Waals surface area contributed by atoms with Crippen LogP contribution in [0.1, 0.15) is 42.7 Å². The highest BCUT2D eigenvalue weighted by Gasteiger charge is 2.42. The van der Waals surface area contributed by atoms with Crippen LogP contribution < -0.4 is 10.1 Å². The summed E-state index contributed by atoms with van der Waals surface area (Å²) in [6.07, 6.45) is 0.795. The molecule has 0 radical (unpaired) electrons. The number of non-ortho nitro benzene ring substituents is 1. The molecule has 1 heterocycles. The van der Waals surface area contributed by atoms with E-state index in [1.165, 1.54) is 19.2 Å². The van der Waals surface area contributed by atoms with Crippen LogP contribution in [0.3, 0.4) is 0 Å². The average Bonchev–Trinajstić information content (AvgIpc) is 2.87. The molecule has 2 aliphatic rings. The lowest BCUT2D eigenvalue weighted by Crippen LogP contribution is -2.36. The highest BCUT2D eigenvalue weighted by Crippen LogP contribution is 2.47. The number of carbonyl (C=O) groups is 2. The second-order valence-corrected chi connectivity index (χ2v) is 8.74. The highest BCUT2D eigenvalue weighted by atomic mass is 16.6. The molecule has 9 nitrogen and oxygen atoms in total. The summed E-state index contributed by atoms with van der Waals surface area (Å²) in [6.45, 7) is 2.07. The summed E-state index contributed by atoms with van der Waals surface area (Å²) in [5.74, 6) is -0.746. The molecular weight excluding hydrogens is 464 g/mol. The molecule has 1 aliphatic carbocycles. The van der Waals surface area contributed by atoms with E-state index in [1.54, 1.807) is 26.2 Å². The summed E-state index contributed by atoms with van der Waals surface area (Å²) in [7, 11) is 3.11. The minimum atomic E-state index is -0.705. The van der Waals surface area contributed by atoms with Crippen molar-refractivity contribution in [2.45, 2.75) is 31.6 Å². The molecule has 0 fully saturated rings. The van der Waals surface area contributed by atoms with Crippen molar-refractivity contribution in [3.8, 4) is 5.75 Å². The molecule has 36 heavy (non-hydrogen) atoms. The fourth-order valence-electron chi connectivity index (χ4n) is 4.95. The highest BCUT2D eigenvalue weighted by molar-refractivity contribution is 6.04. The third-order valence-electron chi connectivity index (χ3n) is 6.58. The quantitative estimate of drug-likeness (QED) is 0.253. The Labute approximate surface area is 208 Å². The first-order valence-electron chi connectivity index (χ1n) is 11.6. The first-order valence-corrected chi connectivity index (χ1v) is 11.6. The number of benzene rings is 2.